The van der Waals surface area contributed by atoms with Crippen LogP contribution in [0.5, 0.6) is 0 Å². The van der Waals surface area contributed by atoms with Crippen molar-refractivity contribution in [2.75, 3.05) is 0 Å². The average molecular weight is 223 g/mol. The molecule has 0 aliphatic carbocycles. The number of halogens is 1. The lowest BCUT2D eigenvalue weighted by Crippen LogP contribution is -1.95. The lowest BCUT2D eigenvalue weighted by Gasteiger charge is -1.99. The Balaban J connectivity index is 2.54. The number of carboxylic acids is 1. The molecule has 4 heteroatoms. The smallest absolute Gasteiger partial charge is 0.372 e. The van der Waals surface area contributed by atoms with Crippen molar-refractivity contribution < 1.29 is 14.3 Å². The normalized spacial score (nSPS) is 10.2. The molecule has 3 nitrogen and oxygen atoms in total. The van der Waals surface area contributed by atoms with Crippen LogP contribution in [0.1, 0.15) is 10.6 Å². The van der Waals surface area contributed by atoms with E-state index in [0.717, 1.165) is 5.56 Å². The molecule has 0 aliphatic heterocycles. The topological polar surface area (TPSA) is 50.4 Å². The summed E-state index contributed by atoms with van der Waals surface area (Å²) in [6.45, 7) is 0. The molecule has 0 aliphatic rings. The van der Waals surface area contributed by atoms with Gasteiger partial charge in [-0.05, 0) is 23.8 Å². The van der Waals surface area contributed by atoms with Crippen molar-refractivity contribution in [3.8, 4) is 11.1 Å². The second-order valence-corrected chi connectivity index (χ2v) is 3.42. The number of hydrogen-bond acceptors (Lipinski definition) is 2. The van der Waals surface area contributed by atoms with E-state index in [9.17, 15) is 4.79 Å². The molecular weight excluding hydrogens is 216 g/mol. The Hall–Kier alpha value is -1.74. The molecule has 0 bridgehead atoms. The van der Waals surface area contributed by atoms with Crippen molar-refractivity contribution in [2.24, 2.45) is 0 Å². The predicted molar refractivity (Wildman–Crippen MR) is 56.1 cm³/mol. The molecule has 1 aromatic heterocycles. The third-order valence-electron chi connectivity index (χ3n) is 2.00. The average Bonchev–Trinajstić information content (AvgIpc) is 2.65. The van der Waals surface area contributed by atoms with E-state index in [1.54, 1.807) is 30.3 Å². The third kappa shape index (κ3) is 1.87. The monoisotopic (exact) mass is 222 g/mol. The zero-order valence-electron chi connectivity index (χ0n) is 7.61. The first-order valence-corrected chi connectivity index (χ1v) is 4.63. The van der Waals surface area contributed by atoms with Gasteiger partial charge < -0.3 is 9.52 Å². The van der Waals surface area contributed by atoms with Gasteiger partial charge in [0.1, 0.15) is 0 Å². The predicted octanol–water partition coefficient (Wildman–Crippen LogP) is 3.30. The lowest BCUT2D eigenvalue weighted by molar-refractivity contribution is 0.0663. The molecule has 15 heavy (non-hydrogen) atoms. The summed E-state index contributed by atoms with van der Waals surface area (Å²) in [7, 11) is 0. The van der Waals surface area contributed by atoms with Gasteiger partial charge in [-0.3, -0.25) is 0 Å². The van der Waals surface area contributed by atoms with E-state index in [4.69, 9.17) is 21.1 Å². The minimum atomic E-state index is -1.09. The Morgan fingerprint density at radius 2 is 2.13 bits per heavy atom. The van der Waals surface area contributed by atoms with Crippen molar-refractivity contribution in [3.63, 3.8) is 0 Å². The standard InChI is InChI=1S/C11H7ClO3/c12-8-3-1-2-7(6-8)9-4-5-15-10(9)11(13)14/h1-6H,(H,13,14). The highest BCUT2D eigenvalue weighted by Crippen LogP contribution is 2.26. The first-order chi connectivity index (χ1) is 7.18. The molecular formula is C11H7ClO3. The van der Waals surface area contributed by atoms with Crippen LogP contribution < -0.4 is 0 Å². The van der Waals surface area contributed by atoms with Crippen LogP contribution in [-0.2, 0) is 0 Å². The van der Waals surface area contributed by atoms with Crippen LogP contribution in [0.3, 0.4) is 0 Å². The van der Waals surface area contributed by atoms with Gasteiger partial charge in [0.25, 0.3) is 0 Å². The highest BCUT2D eigenvalue weighted by atomic mass is 35.5. The van der Waals surface area contributed by atoms with Crippen molar-refractivity contribution in [3.05, 3.63) is 47.4 Å². The summed E-state index contributed by atoms with van der Waals surface area (Å²) in [5.74, 6) is -1.16. The van der Waals surface area contributed by atoms with Gasteiger partial charge in [-0.25, -0.2) is 4.79 Å². The van der Waals surface area contributed by atoms with Gasteiger partial charge in [0.15, 0.2) is 0 Å². The van der Waals surface area contributed by atoms with Gasteiger partial charge in [-0.2, -0.15) is 0 Å². The van der Waals surface area contributed by atoms with E-state index in [0.29, 0.717) is 10.6 Å². The SMILES string of the molecule is O=C(O)c1occc1-c1cccc(Cl)c1. The summed E-state index contributed by atoms with van der Waals surface area (Å²) in [6, 6.07) is 8.57. The number of carboxylic acid groups (broad SMARTS) is 1. The van der Waals surface area contributed by atoms with Crippen LogP contribution in [0.4, 0.5) is 0 Å². The van der Waals surface area contributed by atoms with Gasteiger partial charge in [0.05, 0.1) is 6.26 Å². The van der Waals surface area contributed by atoms with Gasteiger partial charge in [0, 0.05) is 10.6 Å². The van der Waals surface area contributed by atoms with Crippen LogP contribution >= 0.6 is 11.6 Å². The van der Waals surface area contributed by atoms with E-state index in [1.807, 2.05) is 0 Å². The zero-order chi connectivity index (χ0) is 10.8. The maximum absolute atomic E-state index is 10.8. The number of aromatic carboxylic acids is 1. The van der Waals surface area contributed by atoms with Crippen LogP contribution in [0.15, 0.2) is 41.0 Å². The van der Waals surface area contributed by atoms with Gasteiger partial charge in [-0.1, -0.05) is 23.7 Å². The Kier molecular flexibility index (Phi) is 2.47. The maximum atomic E-state index is 10.8. The first kappa shape index (κ1) is 9.80. The van der Waals surface area contributed by atoms with Gasteiger partial charge in [0.2, 0.25) is 5.76 Å². The fourth-order valence-corrected chi connectivity index (χ4v) is 1.55. The fourth-order valence-electron chi connectivity index (χ4n) is 1.36. The van der Waals surface area contributed by atoms with Crippen LogP contribution in [0.2, 0.25) is 5.02 Å². The number of rotatable bonds is 2. The highest BCUT2D eigenvalue weighted by molar-refractivity contribution is 6.30. The molecule has 0 radical (unpaired) electrons. The number of carbonyl (C=O) groups is 1. The Morgan fingerprint density at radius 1 is 1.33 bits per heavy atom. The summed E-state index contributed by atoms with van der Waals surface area (Å²) in [5.41, 5.74) is 1.26. The molecule has 0 fully saturated rings. The molecule has 1 heterocycles. The van der Waals surface area contributed by atoms with E-state index >= 15 is 0 Å². The third-order valence-corrected chi connectivity index (χ3v) is 2.23. The quantitative estimate of drug-likeness (QED) is 0.848. The largest absolute Gasteiger partial charge is 0.475 e. The molecule has 0 spiro atoms. The Labute approximate surface area is 90.9 Å². The molecule has 1 aromatic carbocycles. The first-order valence-electron chi connectivity index (χ1n) is 4.25. The van der Waals surface area contributed by atoms with E-state index in [-0.39, 0.29) is 5.76 Å². The van der Waals surface area contributed by atoms with Crippen LogP contribution in [0.25, 0.3) is 11.1 Å². The molecule has 0 amide bonds. The Bertz CT molecular complexity index is 502. The number of benzene rings is 1. The Morgan fingerprint density at radius 3 is 2.80 bits per heavy atom. The van der Waals surface area contributed by atoms with Gasteiger partial charge >= 0.3 is 5.97 Å². The zero-order valence-corrected chi connectivity index (χ0v) is 8.36. The van der Waals surface area contributed by atoms with E-state index in [1.165, 1.54) is 6.26 Å². The molecule has 2 rings (SSSR count). The second-order valence-electron chi connectivity index (χ2n) is 2.98. The van der Waals surface area contributed by atoms with Crippen LogP contribution in [-0.4, -0.2) is 11.1 Å². The molecule has 76 valence electrons. The minimum Gasteiger partial charge on any atom is -0.475 e. The van der Waals surface area contributed by atoms with Crippen LogP contribution in [0, 0.1) is 0 Å². The van der Waals surface area contributed by atoms with Crippen molar-refractivity contribution in [1.29, 1.82) is 0 Å². The number of furan rings is 1. The fraction of sp³-hybridized carbons (Fsp3) is 0. The summed E-state index contributed by atoms with van der Waals surface area (Å²) in [5, 5.41) is 9.42. The minimum absolute atomic E-state index is 0.0720. The molecule has 2 aromatic rings. The molecule has 0 unspecified atom stereocenters. The summed E-state index contributed by atoms with van der Waals surface area (Å²) in [6.07, 6.45) is 1.35. The summed E-state index contributed by atoms with van der Waals surface area (Å²) in [4.78, 5) is 10.8. The second kappa shape index (κ2) is 3.79. The van der Waals surface area contributed by atoms with Crippen molar-refractivity contribution in [2.45, 2.75) is 0 Å². The molecule has 0 saturated carbocycles. The maximum Gasteiger partial charge on any atom is 0.372 e. The summed E-state index contributed by atoms with van der Waals surface area (Å²) >= 11 is 5.82. The van der Waals surface area contributed by atoms with Crippen molar-refractivity contribution in [1.82, 2.24) is 0 Å². The molecule has 0 saturated heterocycles. The molecule has 1 N–H and O–H groups in total. The van der Waals surface area contributed by atoms with Crippen molar-refractivity contribution >= 4 is 17.6 Å². The van der Waals surface area contributed by atoms with E-state index < -0.39 is 5.97 Å². The number of hydrogen-bond donors (Lipinski definition) is 1. The van der Waals surface area contributed by atoms with Gasteiger partial charge in [-0.15, -0.1) is 0 Å². The highest BCUT2D eigenvalue weighted by Gasteiger charge is 2.15. The molecule has 0 atom stereocenters. The summed E-state index contributed by atoms with van der Waals surface area (Å²) < 4.78 is 4.88. The lowest BCUT2D eigenvalue weighted by atomic mass is 10.1. The van der Waals surface area contributed by atoms with E-state index in [2.05, 4.69) is 0 Å².